The Morgan fingerprint density at radius 1 is 1.11 bits per heavy atom. The van der Waals surface area contributed by atoms with E-state index in [0.29, 0.717) is 16.9 Å². The molecule has 0 unspecified atom stereocenters. The Balaban J connectivity index is 1.83. The van der Waals surface area contributed by atoms with E-state index in [1.165, 1.54) is 0 Å². The molecule has 8 nitrogen and oxygen atoms in total. The smallest absolute Gasteiger partial charge is 0.341 e. The van der Waals surface area contributed by atoms with Crippen LogP contribution in [0.3, 0.4) is 0 Å². The number of carbonyl (C=O) groups is 2. The third kappa shape index (κ3) is 3.24. The maximum absolute atomic E-state index is 14.5. The van der Waals surface area contributed by atoms with Gasteiger partial charge in [-0.25, -0.2) is 4.79 Å². The van der Waals surface area contributed by atoms with Crippen molar-refractivity contribution in [3.8, 4) is 5.75 Å². The zero-order valence-corrected chi connectivity index (χ0v) is 19.7. The molecule has 3 heterocycles. The molecule has 0 radical (unpaired) electrons. The van der Waals surface area contributed by atoms with Crippen LogP contribution in [-0.2, 0) is 26.3 Å². The number of pyridine rings is 1. The number of esters is 1. The lowest BCUT2D eigenvalue weighted by molar-refractivity contribution is -0.140. The second kappa shape index (κ2) is 8.16. The molecule has 0 bridgehead atoms. The van der Waals surface area contributed by atoms with Crippen LogP contribution in [0.25, 0.3) is 0 Å². The number of para-hydroxylation sites is 1. The highest BCUT2D eigenvalue weighted by atomic mass is 16.5. The molecule has 1 atom stereocenters. The van der Waals surface area contributed by atoms with E-state index in [0.717, 1.165) is 11.1 Å². The lowest BCUT2D eigenvalue weighted by Gasteiger charge is -2.35. The molecule has 35 heavy (non-hydrogen) atoms. The number of hydrogen-bond donors (Lipinski definition) is 2. The lowest BCUT2D eigenvalue weighted by atomic mass is 9.68. The molecule has 5 rings (SSSR count). The molecule has 0 saturated carbocycles. The summed E-state index contributed by atoms with van der Waals surface area (Å²) in [6, 6.07) is 16.5. The van der Waals surface area contributed by atoms with Crippen molar-refractivity contribution in [1.82, 2.24) is 4.98 Å². The predicted octanol–water partition coefficient (Wildman–Crippen LogP) is 2.95. The van der Waals surface area contributed by atoms with Crippen molar-refractivity contribution in [3.63, 3.8) is 0 Å². The quantitative estimate of drug-likeness (QED) is 0.566. The number of aryl methyl sites for hydroxylation is 2. The van der Waals surface area contributed by atoms with Crippen molar-refractivity contribution in [2.75, 3.05) is 11.5 Å². The number of carbonyl (C=O) groups excluding carboxylic acids is 2. The van der Waals surface area contributed by atoms with Crippen LogP contribution in [0.15, 0.2) is 70.8 Å². The topological polar surface area (TPSA) is 115 Å². The number of nitrogens with two attached hydrogens (primary N) is 1. The Bertz CT molecular complexity index is 1470. The lowest BCUT2D eigenvalue weighted by Crippen LogP contribution is -2.51. The van der Waals surface area contributed by atoms with Gasteiger partial charge >= 0.3 is 5.97 Å². The maximum Gasteiger partial charge on any atom is 0.341 e. The van der Waals surface area contributed by atoms with Gasteiger partial charge in [-0.1, -0.05) is 48.0 Å². The molecule has 0 saturated heterocycles. The molecular weight excluding hydrogens is 446 g/mol. The fourth-order valence-corrected chi connectivity index (χ4v) is 5.12. The molecule has 0 fully saturated rings. The normalized spacial score (nSPS) is 18.4. The summed E-state index contributed by atoms with van der Waals surface area (Å²) >= 11 is 0. The van der Waals surface area contributed by atoms with Gasteiger partial charge in [-0.05, 0) is 32.4 Å². The third-order valence-corrected chi connectivity index (χ3v) is 6.42. The van der Waals surface area contributed by atoms with E-state index in [1.54, 1.807) is 43.0 Å². The fourth-order valence-electron chi connectivity index (χ4n) is 5.12. The molecular formula is C27H25N3O5. The molecule has 2 aromatic carbocycles. The standard InChI is InChI=1S/C27H25N3O5/c1-4-34-25(32)22-23(28)35-20-13-16(3)29-24(31)21(20)27(22)18-10-5-6-11-19(18)30(26(27)33)14-17-9-7-8-15(2)12-17/h5-13H,4,14,28H2,1-3H3,(H,29,31)/t27-/m0/s1. The van der Waals surface area contributed by atoms with Crippen LogP contribution >= 0.6 is 0 Å². The number of fused-ring (bicyclic) bond motifs is 4. The molecule has 1 aromatic heterocycles. The van der Waals surface area contributed by atoms with Crippen molar-refractivity contribution in [3.05, 3.63) is 104 Å². The number of benzene rings is 2. The SMILES string of the molecule is CCOC(=O)C1=C(N)Oc2cc(C)[nH]c(=O)c2[C@]12C(=O)N(Cc1cccc(C)c1)c1ccccc12. The minimum atomic E-state index is -1.81. The highest BCUT2D eigenvalue weighted by Gasteiger charge is 2.62. The average Bonchev–Trinajstić information content (AvgIpc) is 3.02. The van der Waals surface area contributed by atoms with Gasteiger partial charge in [0.25, 0.3) is 5.56 Å². The van der Waals surface area contributed by atoms with Gasteiger partial charge in [-0.3, -0.25) is 9.59 Å². The largest absolute Gasteiger partial charge is 0.462 e. The monoisotopic (exact) mass is 471 g/mol. The molecule has 2 aliphatic rings. The van der Waals surface area contributed by atoms with E-state index in [-0.39, 0.29) is 35.9 Å². The number of rotatable bonds is 4. The number of aromatic nitrogens is 1. The summed E-state index contributed by atoms with van der Waals surface area (Å²) in [5.74, 6) is -1.40. The van der Waals surface area contributed by atoms with Crippen LogP contribution in [0.1, 0.15) is 34.9 Å². The van der Waals surface area contributed by atoms with Crippen LogP contribution in [0.2, 0.25) is 0 Å². The van der Waals surface area contributed by atoms with E-state index < -0.39 is 22.9 Å². The average molecular weight is 472 g/mol. The Morgan fingerprint density at radius 2 is 1.89 bits per heavy atom. The van der Waals surface area contributed by atoms with Gasteiger partial charge in [-0.2, -0.15) is 0 Å². The summed E-state index contributed by atoms with van der Waals surface area (Å²) < 4.78 is 11.1. The van der Waals surface area contributed by atoms with Crippen molar-refractivity contribution in [1.29, 1.82) is 0 Å². The summed E-state index contributed by atoms with van der Waals surface area (Å²) in [7, 11) is 0. The Kier molecular flexibility index (Phi) is 5.24. The van der Waals surface area contributed by atoms with Gasteiger partial charge in [0.05, 0.1) is 18.7 Å². The number of nitrogens with one attached hydrogen (secondary N) is 1. The molecule has 0 aliphatic carbocycles. The van der Waals surface area contributed by atoms with E-state index in [4.69, 9.17) is 15.2 Å². The number of nitrogens with zero attached hydrogens (tertiary/aromatic N) is 1. The van der Waals surface area contributed by atoms with Crippen LogP contribution in [0, 0.1) is 13.8 Å². The summed E-state index contributed by atoms with van der Waals surface area (Å²) in [6.45, 7) is 5.64. The molecule has 2 aliphatic heterocycles. The number of ether oxygens (including phenoxy) is 2. The van der Waals surface area contributed by atoms with E-state index in [9.17, 15) is 14.4 Å². The van der Waals surface area contributed by atoms with Gasteiger partial charge in [0.15, 0.2) is 0 Å². The number of aromatic amines is 1. The second-order valence-corrected chi connectivity index (χ2v) is 8.73. The van der Waals surface area contributed by atoms with Gasteiger partial charge in [0.2, 0.25) is 11.8 Å². The fraction of sp³-hybridized carbons (Fsp3) is 0.222. The second-order valence-electron chi connectivity index (χ2n) is 8.73. The number of amides is 1. The summed E-state index contributed by atoms with van der Waals surface area (Å²) in [5, 5.41) is 0. The van der Waals surface area contributed by atoms with E-state index in [1.807, 2.05) is 37.3 Å². The molecule has 1 amide bonds. The predicted molar refractivity (Wildman–Crippen MR) is 130 cm³/mol. The molecule has 3 N–H and O–H groups in total. The summed E-state index contributed by atoms with van der Waals surface area (Å²) in [6.07, 6.45) is 0. The Labute approximate surface area is 202 Å². The molecule has 1 spiro atoms. The Morgan fingerprint density at radius 3 is 2.63 bits per heavy atom. The zero-order chi connectivity index (χ0) is 24.9. The van der Waals surface area contributed by atoms with Crippen molar-refractivity contribution < 1.29 is 19.1 Å². The van der Waals surface area contributed by atoms with Gasteiger partial charge in [0, 0.05) is 23.0 Å². The maximum atomic E-state index is 14.5. The first kappa shape index (κ1) is 22.5. The molecule has 8 heteroatoms. The zero-order valence-electron chi connectivity index (χ0n) is 19.7. The van der Waals surface area contributed by atoms with Gasteiger partial charge in [0.1, 0.15) is 16.7 Å². The Hall–Kier alpha value is -4.33. The number of anilines is 1. The van der Waals surface area contributed by atoms with Gasteiger partial charge in [-0.15, -0.1) is 0 Å². The van der Waals surface area contributed by atoms with Crippen LogP contribution in [-0.4, -0.2) is 23.5 Å². The highest BCUT2D eigenvalue weighted by molar-refractivity contribution is 6.18. The molecule has 3 aromatic rings. The first-order valence-corrected chi connectivity index (χ1v) is 11.4. The van der Waals surface area contributed by atoms with E-state index >= 15 is 0 Å². The van der Waals surface area contributed by atoms with Crippen molar-refractivity contribution in [2.45, 2.75) is 32.7 Å². The van der Waals surface area contributed by atoms with Crippen LogP contribution < -0.4 is 20.9 Å². The highest BCUT2D eigenvalue weighted by Crippen LogP contribution is 2.54. The van der Waals surface area contributed by atoms with Crippen LogP contribution in [0.5, 0.6) is 5.75 Å². The first-order valence-electron chi connectivity index (χ1n) is 11.4. The summed E-state index contributed by atoms with van der Waals surface area (Å²) in [4.78, 5) is 45.6. The number of hydrogen-bond acceptors (Lipinski definition) is 6. The van der Waals surface area contributed by atoms with Crippen molar-refractivity contribution in [2.24, 2.45) is 5.73 Å². The van der Waals surface area contributed by atoms with E-state index in [2.05, 4.69) is 4.98 Å². The molecule has 178 valence electrons. The number of H-pyrrole nitrogens is 1. The van der Waals surface area contributed by atoms with Crippen LogP contribution in [0.4, 0.5) is 5.69 Å². The summed E-state index contributed by atoms with van der Waals surface area (Å²) in [5.41, 5.74) is 7.33. The first-order chi connectivity index (χ1) is 16.8. The minimum Gasteiger partial charge on any atom is -0.462 e. The van der Waals surface area contributed by atoms with Crippen molar-refractivity contribution >= 4 is 17.6 Å². The third-order valence-electron chi connectivity index (χ3n) is 6.42. The van der Waals surface area contributed by atoms with Gasteiger partial charge < -0.3 is 25.1 Å². The minimum absolute atomic E-state index is 0.0181.